The van der Waals surface area contributed by atoms with E-state index in [-0.39, 0.29) is 17.2 Å². The maximum Gasteiger partial charge on any atom is 0.250 e. The number of ether oxygens (including phenoxy) is 7. The molecule has 290 valence electrons. The molecule has 2 aliphatic carbocycles. The van der Waals surface area contributed by atoms with Crippen molar-refractivity contribution in [3.63, 3.8) is 0 Å². The summed E-state index contributed by atoms with van der Waals surface area (Å²) < 4.78 is 45.2. The van der Waals surface area contributed by atoms with Crippen molar-refractivity contribution in [2.45, 2.75) is 83.2 Å². The van der Waals surface area contributed by atoms with Gasteiger partial charge < -0.3 is 47.8 Å². The molecular weight excluding hydrogens is 697 g/mol. The number of hydrogen-bond acceptors (Lipinski definition) is 11. The number of ketones is 1. The third-order valence-electron chi connectivity index (χ3n) is 10.3. The highest BCUT2D eigenvalue weighted by Crippen LogP contribution is 2.48. The van der Waals surface area contributed by atoms with Gasteiger partial charge in [0.15, 0.2) is 34.5 Å². The SMILES string of the molecule is COc1cc2c(c(OC)c1OC)CCC(O)CC2=O.COc1ccc(C2=CC(O)CCc3c2cc(OC)c(OC)c3OC)cc1O[Si](C)(C)C(C)(C)C. The standard InChI is InChI=1S/C27H38O6Si.C14H18O5/c1-27(2,3)34(8,9)33-23-14-17(10-13-22(23)29-4)20-15-18(28)11-12-19-21(20)16-24(30-5)26(32-7)25(19)31-6;1-17-12-7-10-9(13(18-2)14(12)19-3)5-4-8(15)6-11(10)16/h10,13-16,18,28H,11-12H2,1-9H3;7-8,15H,4-6H2,1-3H3. The van der Waals surface area contributed by atoms with Crippen LogP contribution in [0.4, 0.5) is 0 Å². The molecule has 11 nitrogen and oxygen atoms in total. The van der Waals surface area contributed by atoms with Gasteiger partial charge in [-0.2, -0.15) is 0 Å². The van der Waals surface area contributed by atoms with Crippen LogP contribution in [-0.4, -0.2) is 86.3 Å². The Bertz CT molecular complexity index is 1810. The van der Waals surface area contributed by atoms with E-state index < -0.39 is 20.5 Å². The predicted molar refractivity (Wildman–Crippen MR) is 208 cm³/mol. The van der Waals surface area contributed by atoms with Crippen LogP contribution < -0.4 is 37.6 Å². The number of rotatable bonds is 10. The first-order chi connectivity index (χ1) is 25.1. The predicted octanol–water partition coefficient (Wildman–Crippen LogP) is 7.44. The molecular formula is C41H56O11Si. The highest BCUT2D eigenvalue weighted by molar-refractivity contribution is 6.74. The van der Waals surface area contributed by atoms with Gasteiger partial charge in [0.05, 0.1) is 62.0 Å². The van der Waals surface area contributed by atoms with Crippen molar-refractivity contribution in [2.24, 2.45) is 0 Å². The molecule has 5 rings (SSSR count). The first-order valence-electron chi connectivity index (χ1n) is 17.7. The Morgan fingerprint density at radius 3 is 1.66 bits per heavy atom. The van der Waals surface area contributed by atoms with Crippen molar-refractivity contribution in [3.05, 3.63) is 64.2 Å². The summed E-state index contributed by atoms with van der Waals surface area (Å²) in [6, 6.07) is 9.55. The fourth-order valence-corrected chi connectivity index (χ4v) is 7.43. The van der Waals surface area contributed by atoms with Crippen molar-refractivity contribution >= 4 is 19.7 Å². The highest BCUT2D eigenvalue weighted by atomic mass is 28.4. The summed E-state index contributed by atoms with van der Waals surface area (Å²) in [5.41, 5.74) is 5.06. The Morgan fingerprint density at radius 1 is 0.642 bits per heavy atom. The zero-order valence-electron chi connectivity index (χ0n) is 33.2. The zero-order valence-corrected chi connectivity index (χ0v) is 34.2. The number of hydrogen-bond donors (Lipinski definition) is 2. The summed E-state index contributed by atoms with van der Waals surface area (Å²) in [7, 11) is 8.95. The van der Waals surface area contributed by atoms with Crippen molar-refractivity contribution in [3.8, 4) is 46.0 Å². The molecule has 0 fully saturated rings. The fourth-order valence-electron chi connectivity index (χ4n) is 6.42. The Kier molecular flexibility index (Phi) is 13.4. The Hall–Kier alpha value is -4.39. The van der Waals surface area contributed by atoms with Gasteiger partial charge in [-0.15, -0.1) is 0 Å². The minimum absolute atomic E-state index is 0.0374. The van der Waals surface area contributed by atoms with Gasteiger partial charge in [0.2, 0.25) is 11.5 Å². The van der Waals surface area contributed by atoms with Gasteiger partial charge in [0, 0.05) is 23.1 Å². The van der Waals surface area contributed by atoms with Crippen molar-refractivity contribution < 1.29 is 52.6 Å². The third kappa shape index (κ3) is 8.71. The molecule has 2 N–H and O–H groups in total. The largest absolute Gasteiger partial charge is 0.541 e. The second-order valence-corrected chi connectivity index (χ2v) is 19.3. The molecule has 3 aromatic rings. The monoisotopic (exact) mass is 752 g/mol. The topological polar surface area (TPSA) is 131 Å². The van der Waals surface area contributed by atoms with Crippen LogP contribution in [0.3, 0.4) is 0 Å². The minimum atomic E-state index is -2.11. The van der Waals surface area contributed by atoms with E-state index in [1.54, 1.807) is 34.5 Å². The summed E-state index contributed by atoms with van der Waals surface area (Å²) >= 11 is 0. The molecule has 0 aromatic heterocycles. The molecule has 2 atom stereocenters. The van der Waals surface area contributed by atoms with Crippen molar-refractivity contribution in [1.29, 1.82) is 0 Å². The van der Waals surface area contributed by atoms with E-state index in [2.05, 4.69) is 33.9 Å². The van der Waals surface area contributed by atoms with E-state index in [0.717, 1.165) is 27.8 Å². The van der Waals surface area contributed by atoms with Crippen LogP contribution in [0, 0.1) is 0 Å². The molecule has 0 amide bonds. The van der Waals surface area contributed by atoms with Crippen LogP contribution in [-0.2, 0) is 12.8 Å². The Labute approximate surface area is 314 Å². The van der Waals surface area contributed by atoms with Crippen LogP contribution >= 0.6 is 0 Å². The van der Waals surface area contributed by atoms with Crippen LogP contribution in [0.25, 0.3) is 5.57 Å². The van der Waals surface area contributed by atoms with Gasteiger partial charge in [-0.1, -0.05) is 26.8 Å². The number of fused-ring (bicyclic) bond motifs is 2. The lowest BCUT2D eigenvalue weighted by Gasteiger charge is -2.37. The van der Waals surface area contributed by atoms with Gasteiger partial charge in [-0.05, 0) is 90.9 Å². The quantitative estimate of drug-likeness (QED) is 0.158. The summed E-state index contributed by atoms with van der Waals surface area (Å²) in [5, 5.41) is 20.5. The number of aliphatic hydroxyl groups is 2. The minimum Gasteiger partial charge on any atom is -0.541 e. The molecule has 53 heavy (non-hydrogen) atoms. The normalized spacial score (nSPS) is 17.0. The van der Waals surface area contributed by atoms with Crippen molar-refractivity contribution in [2.75, 3.05) is 49.8 Å². The molecule has 2 aliphatic rings. The third-order valence-corrected chi connectivity index (χ3v) is 14.6. The molecule has 0 spiro atoms. The fraction of sp³-hybridized carbons (Fsp3) is 0.488. The maximum absolute atomic E-state index is 12.1. The number of benzene rings is 3. The van der Waals surface area contributed by atoms with E-state index in [1.807, 2.05) is 30.3 Å². The zero-order chi connectivity index (χ0) is 39.2. The number of Topliss-reactive ketones (excluding diaryl/α,β-unsaturated/α-hetero) is 1. The molecule has 0 bridgehead atoms. The van der Waals surface area contributed by atoms with Crippen LogP contribution in [0.1, 0.15) is 72.6 Å². The molecule has 0 aliphatic heterocycles. The average molecular weight is 753 g/mol. The first-order valence-corrected chi connectivity index (χ1v) is 20.6. The van der Waals surface area contributed by atoms with Crippen LogP contribution in [0.2, 0.25) is 18.1 Å². The lowest BCUT2D eigenvalue weighted by atomic mass is 9.92. The molecule has 2 unspecified atom stereocenters. The first kappa shape index (κ1) is 41.4. The molecule has 12 heteroatoms. The Morgan fingerprint density at radius 2 is 1.15 bits per heavy atom. The van der Waals surface area contributed by atoms with Gasteiger partial charge >= 0.3 is 0 Å². The van der Waals surface area contributed by atoms with E-state index in [1.165, 1.54) is 21.3 Å². The molecule has 0 saturated heterocycles. The van der Waals surface area contributed by atoms with Gasteiger partial charge in [0.25, 0.3) is 8.32 Å². The number of methoxy groups -OCH3 is 7. The van der Waals surface area contributed by atoms with E-state index in [0.29, 0.717) is 77.2 Å². The summed E-state index contributed by atoms with van der Waals surface area (Å²) in [5.74, 6) is 4.51. The molecule has 0 heterocycles. The molecule has 0 saturated carbocycles. The van der Waals surface area contributed by atoms with Crippen LogP contribution in [0.5, 0.6) is 46.0 Å². The van der Waals surface area contributed by atoms with Gasteiger partial charge in [0.1, 0.15) is 5.75 Å². The summed E-state index contributed by atoms with van der Waals surface area (Å²) in [4.78, 5) is 12.1. The van der Waals surface area contributed by atoms with Gasteiger partial charge in [-0.25, -0.2) is 0 Å². The number of carbonyl (C=O) groups excluding carboxylic acids is 1. The molecule has 3 aromatic carbocycles. The number of carbonyl (C=O) groups is 1. The number of aliphatic hydroxyl groups excluding tert-OH is 2. The lowest BCUT2D eigenvalue weighted by Crippen LogP contribution is -2.43. The van der Waals surface area contributed by atoms with Crippen LogP contribution in [0.15, 0.2) is 36.4 Å². The van der Waals surface area contributed by atoms with E-state index >= 15 is 0 Å². The van der Waals surface area contributed by atoms with Gasteiger partial charge in [-0.3, -0.25) is 4.79 Å². The maximum atomic E-state index is 12.1. The summed E-state index contributed by atoms with van der Waals surface area (Å²) in [6.45, 7) is 11.1. The molecule has 0 radical (unpaired) electrons. The Balaban J connectivity index is 0.000000278. The van der Waals surface area contributed by atoms with E-state index in [4.69, 9.17) is 37.6 Å². The average Bonchev–Trinajstić information content (AvgIpc) is 3.38. The lowest BCUT2D eigenvalue weighted by molar-refractivity contribution is 0.0881. The second kappa shape index (κ2) is 17.2. The highest BCUT2D eigenvalue weighted by Gasteiger charge is 2.40. The second-order valence-electron chi connectivity index (χ2n) is 14.6. The summed E-state index contributed by atoms with van der Waals surface area (Å²) in [6.07, 6.45) is 3.14. The van der Waals surface area contributed by atoms with Crippen molar-refractivity contribution in [1.82, 2.24) is 0 Å². The smallest absolute Gasteiger partial charge is 0.250 e. The van der Waals surface area contributed by atoms with E-state index in [9.17, 15) is 15.0 Å².